The second kappa shape index (κ2) is 24.0. The molecule has 0 aliphatic carbocycles. The molecule has 0 bridgehead atoms. The van der Waals surface area contributed by atoms with E-state index in [1.54, 1.807) is 0 Å². The van der Waals surface area contributed by atoms with Crippen LogP contribution in [0.1, 0.15) is 20.3 Å². The van der Waals surface area contributed by atoms with E-state index in [0.717, 1.165) is 24.3 Å². The summed E-state index contributed by atoms with van der Waals surface area (Å²) >= 11 is 0. The van der Waals surface area contributed by atoms with E-state index >= 15 is 0 Å². The van der Waals surface area contributed by atoms with Crippen LogP contribution >= 0.6 is 0 Å². The number of carbonyl (C=O) groups is 4. The summed E-state index contributed by atoms with van der Waals surface area (Å²) < 4.78 is 30.5. The molecule has 0 radical (unpaired) electrons. The summed E-state index contributed by atoms with van der Waals surface area (Å²) in [5, 5.41) is 20.4. The number of rotatable bonds is 7. The Hall–Kier alpha value is -1.25. The summed E-state index contributed by atoms with van der Waals surface area (Å²) in [6.45, 7) is 14.8. The maximum absolute atomic E-state index is 10.8. The second-order valence-electron chi connectivity index (χ2n) is 4.41. The summed E-state index contributed by atoms with van der Waals surface area (Å²) in [5.41, 5.74) is 4.53. The summed E-state index contributed by atoms with van der Waals surface area (Å²) in [7, 11) is -4.30. The van der Waals surface area contributed by atoms with Crippen molar-refractivity contribution in [2.45, 2.75) is 25.1 Å². The van der Waals surface area contributed by atoms with Gasteiger partial charge in [-0.3, -0.25) is 14.1 Å². The molecule has 30 heavy (non-hydrogen) atoms. The van der Waals surface area contributed by atoms with Crippen LogP contribution in [0.4, 0.5) is 0 Å². The number of hydrogen-bond acceptors (Lipinski definition) is 8. The molecule has 0 aromatic carbocycles. The Balaban J connectivity index is -0.0000000712. The summed E-state index contributed by atoms with van der Waals surface area (Å²) in [4.78, 5) is 36.9. The Morgan fingerprint density at radius 2 is 1.23 bits per heavy atom. The number of amides is 2. The molecular weight excluding hydrogens is 442 g/mol. The number of aliphatic carboxylic acids is 2. The number of hydrogen-bond donors (Lipinski definition) is 3. The van der Waals surface area contributed by atoms with E-state index in [4.69, 9.17) is 24.4 Å². The van der Waals surface area contributed by atoms with Gasteiger partial charge in [-0.15, -0.1) is 0 Å². The largest absolute Gasteiger partial charge is 1.00 e. The number of carbonyl (C=O) groups excluding carboxylic acids is 4. The van der Waals surface area contributed by atoms with Crippen LogP contribution in [0.3, 0.4) is 0 Å². The average Bonchev–Trinajstić information content (AvgIpc) is 2.61. The van der Waals surface area contributed by atoms with Crippen LogP contribution in [0.25, 0.3) is 0 Å². The third-order valence-corrected chi connectivity index (χ3v) is 3.88. The van der Waals surface area contributed by atoms with E-state index in [1.807, 2.05) is 0 Å². The SMILES string of the molecule is C=CC(=O)NC(C)(CC)S(=O)(=O)O.C=CC(=O)[O-].C=CC(=O)[O-].C=CC(N)=O.[Na+].[Na+]. The van der Waals surface area contributed by atoms with Gasteiger partial charge in [0.05, 0.1) is 11.9 Å². The molecule has 0 aromatic rings. The average molecular weight is 466 g/mol. The van der Waals surface area contributed by atoms with Gasteiger partial charge in [-0.25, -0.2) is 0 Å². The predicted molar refractivity (Wildman–Crippen MR) is 98.4 cm³/mol. The molecule has 11 nitrogen and oxygen atoms in total. The summed E-state index contributed by atoms with van der Waals surface area (Å²) in [6, 6.07) is 0. The van der Waals surface area contributed by atoms with Crippen molar-refractivity contribution >= 4 is 33.9 Å². The quantitative estimate of drug-likeness (QED) is 0.185. The number of primary amides is 1. The van der Waals surface area contributed by atoms with Crippen molar-refractivity contribution in [2.24, 2.45) is 5.73 Å². The number of carboxylic acids is 2. The third kappa shape index (κ3) is 31.4. The van der Waals surface area contributed by atoms with Crippen LogP contribution in [0.15, 0.2) is 50.6 Å². The molecule has 160 valence electrons. The molecule has 1 atom stereocenters. The summed E-state index contributed by atoms with van der Waals surface area (Å²) in [5.74, 6) is -3.58. The molecular formula is C16H24N2Na2O9S. The van der Waals surface area contributed by atoms with Gasteiger partial charge >= 0.3 is 59.1 Å². The standard InChI is InChI=1S/C7H13NO4S.C3H5NO.2C3H4O2.2Na/c1-4-6(9)8-7(3,5-2)13(10,11)12;3*1-2-3(4)5;;/h4H,1,5H2,2-3H3,(H,8,9)(H,10,11,12);2H,1H2,(H2,4,5);2*2H,1H2,(H,4,5);;/q;;;;2*+1/p-2. The molecule has 2 amide bonds. The minimum atomic E-state index is -4.30. The van der Waals surface area contributed by atoms with E-state index in [0.29, 0.717) is 0 Å². The summed E-state index contributed by atoms with van der Waals surface area (Å²) in [6.07, 6.45) is 3.52. The fourth-order valence-corrected chi connectivity index (χ4v) is 1.24. The molecule has 0 spiro atoms. The van der Waals surface area contributed by atoms with Gasteiger partial charge < -0.3 is 30.9 Å². The minimum absolute atomic E-state index is 0. The van der Waals surface area contributed by atoms with Crippen LogP contribution in [-0.2, 0) is 29.3 Å². The van der Waals surface area contributed by atoms with E-state index in [2.05, 4.69) is 37.4 Å². The molecule has 1 unspecified atom stereocenters. The van der Waals surface area contributed by atoms with Gasteiger partial charge in [0.2, 0.25) is 11.8 Å². The van der Waals surface area contributed by atoms with Crippen molar-refractivity contribution in [1.82, 2.24) is 5.32 Å². The van der Waals surface area contributed by atoms with Gasteiger partial charge in [0.25, 0.3) is 10.1 Å². The number of carboxylic acid groups (broad SMARTS) is 2. The Bertz CT molecular complexity index is 652. The molecule has 0 aromatic heterocycles. The van der Waals surface area contributed by atoms with E-state index in [1.165, 1.54) is 13.8 Å². The zero-order valence-electron chi connectivity index (χ0n) is 17.5. The Kier molecular flexibility index (Phi) is 34.3. The molecule has 0 saturated carbocycles. The molecule has 0 heterocycles. The number of nitrogens with one attached hydrogen (secondary N) is 1. The normalized spacial score (nSPS) is 10.1. The number of nitrogens with two attached hydrogens (primary N) is 1. The first-order valence-corrected chi connectivity index (χ1v) is 8.52. The van der Waals surface area contributed by atoms with Crippen molar-refractivity contribution < 1.29 is 101 Å². The molecule has 4 N–H and O–H groups in total. The van der Waals surface area contributed by atoms with Gasteiger partial charge in [0, 0.05) is 0 Å². The smallest absolute Gasteiger partial charge is 0.545 e. The van der Waals surface area contributed by atoms with Crippen molar-refractivity contribution in [3.8, 4) is 0 Å². The third-order valence-electron chi connectivity index (χ3n) is 2.35. The minimum Gasteiger partial charge on any atom is -0.545 e. The fraction of sp³-hybridized carbons (Fsp3) is 0.250. The van der Waals surface area contributed by atoms with Crippen molar-refractivity contribution in [3.63, 3.8) is 0 Å². The zero-order valence-corrected chi connectivity index (χ0v) is 22.4. The van der Waals surface area contributed by atoms with Crippen LogP contribution in [0.2, 0.25) is 0 Å². The van der Waals surface area contributed by atoms with E-state index in [-0.39, 0.29) is 65.5 Å². The van der Waals surface area contributed by atoms with Gasteiger partial charge in [0.15, 0.2) is 4.87 Å². The van der Waals surface area contributed by atoms with Crippen LogP contribution in [0, 0.1) is 0 Å². The van der Waals surface area contributed by atoms with Crippen LogP contribution in [-0.4, -0.2) is 41.6 Å². The van der Waals surface area contributed by atoms with Crippen molar-refractivity contribution in [2.75, 3.05) is 0 Å². The molecule has 0 aliphatic heterocycles. The van der Waals surface area contributed by atoms with Crippen molar-refractivity contribution in [3.05, 3.63) is 50.6 Å². The topological polar surface area (TPSA) is 207 Å². The van der Waals surface area contributed by atoms with E-state index < -0.39 is 38.7 Å². The maximum Gasteiger partial charge on any atom is 1.00 e. The molecule has 14 heteroatoms. The zero-order chi connectivity index (χ0) is 23.6. The van der Waals surface area contributed by atoms with Gasteiger partial charge in [-0.05, 0) is 37.6 Å². The van der Waals surface area contributed by atoms with E-state index in [9.17, 15) is 18.0 Å². The second-order valence-corrected chi connectivity index (χ2v) is 6.26. The Morgan fingerprint density at radius 1 is 0.967 bits per heavy atom. The first-order chi connectivity index (χ1) is 12.6. The van der Waals surface area contributed by atoms with Crippen molar-refractivity contribution in [1.29, 1.82) is 0 Å². The van der Waals surface area contributed by atoms with Gasteiger partial charge in [0.1, 0.15) is 0 Å². The fourth-order valence-electron chi connectivity index (χ4n) is 0.647. The van der Waals surface area contributed by atoms with Crippen LogP contribution < -0.4 is 80.4 Å². The molecule has 0 rings (SSSR count). The van der Waals surface area contributed by atoms with Gasteiger partial charge in [-0.1, -0.05) is 33.2 Å². The first-order valence-electron chi connectivity index (χ1n) is 7.08. The maximum atomic E-state index is 10.8. The monoisotopic (exact) mass is 466 g/mol. The Labute approximate surface area is 220 Å². The molecule has 0 fully saturated rings. The first kappa shape index (κ1) is 42.8. The van der Waals surface area contributed by atoms with Crippen LogP contribution in [0.5, 0.6) is 0 Å². The van der Waals surface area contributed by atoms with Gasteiger partial charge in [-0.2, -0.15) is 8.42 Å². The molecule has 0 aliphatic rings. The predicted octanol–water partition coefficient (Wildman–Crippen LogP) is -8.19. The Morgan fingerprint density at radius 3 is 1.33 bits per heavy atom. The molecule has 0 saturated heterocycles.